The van der Waals surface area contributed by atoms with E-state index in [1.165, 1.54) is 4.90 Å². The second-order valence-electron chi connectivity index (χ2n) is 9.11. The van der Waals surface area contributed by atoms with E-state index in [2.05, 4.69) is 10.3 Å². The number of carbonyl (C=O) groups excluding carboxylic acids is 2. The van der Waals surface area contributed by atoms with Crippen LogP contribution >= 0.6 is 0 Å². The van der Waals surface area contributed by atoms with Gasteiger partial charge < -0.3 is 19.7 Å². The molecule has 0 aromatic carbocycles. The minimum Gasteiger partial charge on any atom is -0.476 e. The Hall–Kier alpha value is -2.38. The average Bonchev–Trinajstić information content (AvgIpc) is 2.61. The zero-order chi connectivity index (χ0) is 21.8. The third-order valence-corrected chi connectivity index (χ3v) is 4.66. The van der Waals surface area contributed by atoms with Gasteiger partial charge in [-0.2, -0.15) is 0 Å². The van der Waals surface area contributed by atoms with Gasteiger partial charge in [-0.1, -0.05) is 6.07 Å². The monoisotopic (exact) mass is 409 g/mol. The number of aromatic nitrogens is 1. The number of aryl methyl sites for hydroxylation is 1. The number of nitrogens with zero attached hydrogens (tertiary/aromatic N) is 2. The Bertz CT molecular complexity index is 733. The quantitative estimate of drug-likeness (QED) is 0.807. The summed E-state index contributed by atoms with van der Waals surface area (Å²) < 4.78 is 25.6. The number of alkyl halides is 1. The van der Waals surface area contributed by atoms with Crippen LogP contribution in [0, 0.1) is 12.3 Å². The van der Waals surface area contributed by atoms with Crippen LogP contribution in [-0.4, -0.2) is 59.4 Å². The molecule has 2 atom stereocenters. The third kappa shape index (κ3) is 6.58. The van der Waals surface area contributed by atoms with E-state index in [4.69, 9.17) is 9.47 Å². The summed E-state index contributed by atoms with van der Waals surface area (Å²) in [6, 6.07) is 3.03. The summed E-state index contributed by atoms with van der Waals surface area (Å²) in [7, 11) is 0. The summed E-state index contributed by atoms with van der Waals surface area (Å²) in [6.45, 7) is 11.0. The Morgan fingerprint density at radius 1 is 1.31 bits per heavy atom. The molecule has 1 aliphatic rings. The molecule has 0 radical (unpaired) electrons. The normalized spacial score (nSPS) is 20.2. The smallest absolute Gasteiger partial charge is 0.410 e. The van der Waals surface area contributed by atoms with Crippen LogP contribution in [0.15, 0.2) is 18.3 Å². The van der Waals surface area contributed by atoms with Gasteiger partial charge in [0.2, 0.25) is 11.8 Å². The Morgan fingerprint density at radius 2 is 2.00 bits per heavy atom. The Morgan fingerprint density at radius 3 is 2.59 bits per heavy atom. The highest BCUT2D eigenvalue weighted by atomic mass is 19.1. The molecule has 162 valence electrons. The molecule has 1 saturated heterocycles. The van der Waals surface area contributed by atoms with Crippen LogP contribution in [0.3, 0.4) is 0 Å². The molecule has 0 bridgehead atoms. The predicted octanol–water partition coefficient (Wildman–Crippen LogP) is 3.26. The van der Waals surface area contributed by atoms with Crippen molar-refractivity contribution in [3.05, 3.63) is 23.9 Å². The number of likely N-dealkylation sites (tertiary alicyclic amines) is 1. The minimum absolute atomic E-state index is 0.107. The molecule has 0 saturated carbocycles. The first-order valence-electron chi connectivity index (χ1n) is 9.86. The van der Waals surface area contributed by atoms with Crippen LogP contribution in [0.5, 0.6) is 5.88 Å². The summed E-state index contributed by atoms with van der Waals surface area (Å²) in [5.74, 6) is 0.173. The number of hydrogen-bond donors (Lipinski definition) is 1. The van der Waals surface area contributed by atoms with Crippen molar-refractivity contribution in [1.29, 1.82) is 0 Å². The van der Waals surface area contributed by atoms with Gasteiger partial charge in [0.25, 0.3) is 0 Å². The maximum Gasteiger partial charge on any atom is 0.410 e. The van der Waals surface area contributed by atoms with Crippen LogP contribution in [-0.2, 0) is 9.53 Å². The number of piperidine rings is 1. The largest absolute Gasteiger partial charge is 0.476 e. The topological polar surface area (TPSA) is 80.8 Å². The molecule has 29 heavy (non-hydrogen) atoms. The van der Waals surface area contributed by atoms with Crippen LogP contribution in [0.2, 0.25) is 0 Å². The number of carbonyl (C=O) groups is 2. The Balaban J connectivity index is 1.88. The fourth-order valence-electron chi connectivity index (χ4n) is 2.86. The summed E-state index contributed by atoms with van der Waals surface area (Å²) in [4.78, 5) is 30.3. The second kappa shape index (κ2) is 8.97. The molecular formula is C21H32FN3O4. The van der Waals surface area contributed by atoms with Crippen molar-refractivity contribution in [2.24, 2.45) is 5.41 Å². The van der Waals surface area contributed by atoms with Crippen molar-refractivity contribution in [2.75, 3.05) is 19.7 Å². The molecule has 1 aromatic heterocycles. The van der Waals surface area contributed by atoms with Crippen molar-refractivity contribution in [3.8, 4) is 5.88 Å². The first-order valence-corrected chi connectivity index (χ1v) is 9.86. The van der Waals surface area contributed by atoms with Gasteiger partial charge in [0.05, 0.1) is 18.0 Å². The van der Waals surface area contributed by atoms with Gasteiger partial charge in [-0.15, -0.1) is 0 Å². The Kier molecular flexibility index (Phi) is 7.08. The lowest BCUT2D eigenvalue weighted by atomic mass is 9.92. The predicted molar refractivity (Wildman–Crippen MR) is 108 cm³/mol. The molecule has 1 N–H and O–H groups in total. The SMILES string of the molecule is Cc1cccnc1OCC(C)(C)C(=O)N[C@H]1CCN(C(=O)OC(C)(C)C)C[C@@H]1F. The van der Waals surface area contributed by atoms with E-state index in [9.17, 15) is 14.0 Å². The number of rotatable bonds is 5. The van der Waals surface area contributed by atoms with Crippen molar-refractivity contribution in [2.45, 2.75) is 65.8 Å². The molecule has 8 heteroatoms. The van der Waals surface area contributed by atoms with Crippen LogP contribution in [0.25, 0.3) is 0 Å². The average molecular weight is 410 g/mol. The number of ether oxygens (including phenoxy) is 2. The molecule has 1 aromatic rings. The van der Waals surface area contributed by atoms with Gasteiger partial charge in [0.1, 0.15) is 18.4 Å². The molecule has 7 nitrogen and oxygen atoms in total. The number of halogens is 1. The molecule has 0 aliphatic carbocycles. The van der Waals surface area contributed by atoms with Gasteiger partial charge in [-0.25, -0.2) is 14.2 Å². The summed E-state index contributed by atoms with van der Waals surface area (Å²) >= 11 is 0. The van der Waals surface area contributed by atoms with Gasteiger partial charge >= 0.3 is 6.09 Å². The lowest BCUT2D eigenvalue weighted by Crippen LogP contribution is -2.56. The van der Waals surface area contributed by atoms with Gasteiger partial charge in [0, 0.05) is 18.3 Å². The number of amides is 2. The summed E-state index contributed by atoms with van der Waals surface area (Å²) in [5.41, 5.74) is -0.627. The summed E-state index contributed by atoms with van der Waals surface area (Å²) in [6.07, 6.45) is 0.0450. The lowest BCUT2D eigenvalue weighted by molar-refractivity contribution is -0.132. The molecule has 0 unspecified atom stereocenters. The number of pyridine rings is 1. The van der Waals surface area contributed by atoms with E-state index in [-0.39, 0.29) is 19.1 Å². The maximum atomic E-state index is 14.6. The fraction of sp³-hybridized carbons (Fsp3) is 0.667. The van der Waals surface area contributed by atoms with Gasteiger partial charge in [0.15, 0.2) is 0 Å². The minimum atomic E-state index is -1.37. The van der Waals surface area contributed by atoms with Crippen molar-refractivity contribution in [3.63, 3.8) is 0 Å². The van der Waals surface area contributed by atoms with Crippen molar-refractivity contribution in [1.82, 2.24) is 15.2 Å². The first kappa shape index (κ1) is 22.9. The highest BCUT2D eigenvalue weighted by molar-refractivity contribution is 5.82. The third-order valence-electron chi connectivity index (χ3n) is 4.66. The van der Waals surface area contributed by atoms with E-state index in [1.807, 2.05) is 19.1 Å². The molecule has 2 heterocycles. The molecule has 2 amide bonds. The summed E-state index contributed by atoms with van der Waals surface area (Å²) in [5, 5.41) is 2.77. The lowest BCUT2D eigenvalue weighted by Gasteiger charge is -2.37. The standard InChI is InChI=1S/C21H32FN3O4/c1-14-8-7-10-23-17(14)28-13-21(5,6)18(26)24-16-9-11-25(12-15(16)22)19(27)29-20(2,3)4/h7-8,10,15-16H,9,11-13H2,1-6H3,(H,24,26)/t15-,16-/m0/s1. The maximum absolute atomic E-state index is 14.6. The van der Waals surface area contributed by atoms with Gasteiger partial charge in [-0.3, -0.25) is 4.79 Å². The highest BCUT2D eigenvalue weighted by Gasteiger charge is 2.37. The second-order valence-corrected chi connectivity index (χ2v) is 9.11. The van der Waals surface area contributed by atoms with E-state index in [0.29, 0.717) is 18.8 Å². The first-order chi connectivity index (χ1) is 13.4. The number of hydrogen-bond acceptors (Lipinski definition) is 5. The molecule has 0 spiro atoms. The van der Waals surface area contributed by atoms with Gasteiger partial charge in [-0.05, 0) is 54.0 Å². The van der Waals surface area contributed by atoms with E-state index in [1.54, 1.807) is 40.8 Å². The highest BCUT2D eigenvalue weighted by Crippen LogP contribution is 2.22. The van der Waals surface area contributed by atoms with E-state index >= 15 is 0 Å². The Labute approximate surface area is 172 Å². The fourth-order valence-corrected chi connectivity index (χ4v) is 2.86. The molecule has 1 aliphatic heterocycles. The van der Waals surface area contributed by atoms with Crippen molar-refractivity contribution < 1.29 is 23.5 Å². The van der Waals surface area contributed by atoms with E-state index in [0.717, 1.165) is 5.56 Å². The molecule has 2 rings (SSSR count). The number of nitrogens with one attached hydrogen (secondary N) is 1. The van der Waals surface area contributed by atoms with E-state index < -0.39 is 29.3 Å². The van der Waals surface area contributed by atoms with Crippen LogP contribution in [0.1, 0.15) is 46.6 Å². The van der Waals surface area contributed by atoms with Crippen LogP contribution in [0.4, 0.5) is 9.18 Å². The molecular weight excluding hydrogens is 377 g/mol. The molecule has 1 fully saturated rings. The van der Waals surface area contributed by atoms with Crippen LogP contribution < -0.4 is 10.1 Å². The zero-order valence-corrected chi connectivity index (χ0v) is 18.1. The zero-order valence-electron chi connectivity index (χ0n) is 18.1. The van der Waals surface area contributed by atoms with Crippen molar-refractivity contribution >= 4 is 12.0 Å².